The molecule has 26 heavy (non-hydrogen) atoms. The Morgan fingerprint density at radius 1 is 1.08 bits per heavy atom. The van der Waals surface area contributed by atoms with Crippen molar-refractivity contribution in [2.24, 2.45) is 5.73 Å². The second-order valence-corrected chi connectivity index (χ2v) is 6.48. The van der Waals surface area contributed by atoms with Crippen LogP contribution in [-0.2, 0) is 15.0 Å². The lowest BCUT2D eigenvalue weighted by molar-refractivity contribution is -0.137. The van der Waals surface area contributed by atoms with Gasteiger partial charge in [-0.1, -0.05) is 38.1 Å². The first-order valence-corrected chi connectivity index (χ1v) is 8.28. The molecule has 0 saturated carbocycles. The largest absolute Gasteiger partial charge is 0.481 e. The zero-order valence-corrected chi connectivity index (χ0v) is 14.8. The first-order valence-electron chi connectivity index (χ1n) is 8.28. The quantitative estimate of drug-likeness (QED) is 0.528. The normalized spacial score (nSPS) is 12.3. The Balaban J connectivity index is 2.07. The van der Waals surface area contributed by atoms with Crippen molar-refractivity contribution in [1.29, 1.82) is 0 Å². The van der Waals surface area contributed by atoms with Gasteiger partial charge in [0.15, 0.2) is 0 Å². The third-order valence-electron chi connectivity index (χ3n) is 4.27. The van der Waals surface area contributed by atoms with E-state index in [9.17, 15) is 9.59 Å². The minimum atomic E-state index is -0.897. The summed E-state index contributed by atoms with van der Waals surface area (Å²) in [5.41, 5.74) is 7.67. The van der Waals surface area contributed by atoms with Gasteiger partial charge in [0.2, 0.25) is 0 Å². The minimum Gasteiger partial charge on any atom is -0.481 e. The second kappa shape index (κ2) is 8.49. The van der Waals surface area contributed by atoms with Crippen molar-refractivity contribution < 1.29 is 24.2 Å². The van der Waals surface area contributed by atoms with E-state index in [0.29, 0.717) is 18.0 Å². The predicted octanol–water partition coefficient (Wildman–Crippen LogP) is 3.08. The maximum atomic E-state index is 10.6. The van der Waals surface area contributed by atoms with Gasteiger partial charge in [-0.3, -0.25) is 15.3 Å². The highest BCUT2D eigenvalue weighted by Crippen LogP contribution is 2.33. The number of ether oxygens (including phenoxy) is 2. The van der Waals surface area contributed by atoms with E-state index in [0.717, 1.165) is 11.1 Å². The molecule has 0 amide bonds. The van der Waals surface area contributed by atoms with Crippen LogP contribution in [0.25, 0.3) is 0 Å². The average Bonchev–Trinajstić information content (AvgIpc) is 2.61. The molecule has 0 aromatic heterocycles. The molecular weight excluding hydrogens is 334 g/mol. The summed E-state index contributed by atoms with van der Waals surface area (Å²) in [4.78, 5) is 21.0. The van der Waals surface area contributed by atoms with Crippen molar-refractivity contribution in [3.8, 4) is 11.5 Å². The van der Waals surface area contributed by atoms with Crippen LogP contribution in [0.5, 0.6) is 11.5 Å². The number of benzene rings is 2. The number of carboxylic acids is 1. The van der Waals surface area contributed by atoms with E-state index in [-0.39, 0.29) is 18.3 Å². The molecule has 0 spiro atoms. The van der Waals surface area contributed by atoms with E-state index in [1.165, 1.54) is 0 Å². The molecule has 1 atom stereocenters. The number of hydrogen-bond acceptors (Lipinski definition) is 5. The van der Waals surface area contributed by atoms with Gasteiger partial charge in [0.25, 0.3) is 6.47 Å². The molecular formula is C20H23NO5. The summed E-state index contributed by atoms with van der Waals surface area (Å²) in [5.74, 6) is 0.196. The van der Waals surface area contributed by atoms with Gasteiger partial charge in [0, 0.05) is 11.8 Å². The van der Waals surface area contributed by atoms with E-state index in [2.05, 4.69) is 13.8 Å². The molecule has 0 heterocycles. The Kier molecular flexibility index (Phi) is 6.36. The number of aliphatic carboxylic acids is 1. The minimum absolute atomic E-state index is 0.0317. The highest BCUT2D eigenvalue weighted by molar-refractivity contribution is 5.66. The summed E-state index contributed by atoms with van der Waals surface area (Å²) in [7, 11) is 0. The zero-order chi connectivity index (χ0) is 19.2. The van der Waals surface area contributed by atoms with Crippen molar-refractivity contribution >= 4 is 12.4 Å². The fourth-order valence-electron chi connectivity index (χ4n) is 2.62. The van der Waals surface area contributed by atoms with Crippen molar-refractivity contribution in [2.45, 2.75) is 38.3 Å². The smallest absolute Gasteiger partial charge is 0.303 e. The van der Waals surface area contributed by atoms with Crippen molar-refractivity contribution in [3.05, 3.63) is 59.7 Å². The van der Waals surface area contributed by atoms with Gasteiger partial charge < -0.3 is 14.6 Å². The molecule has 0 fully saturated rings. The van der Waals surface area contributed by atoms with Crippen LogP contribution in [0.3, 0.4) is 0 Å². The molecule has 3 N–H and O–H groups in total. The van der Waals surface area contributed by atoms with E-state index in [1.54, 1.807) is 12.1 Å². The Bertz CT molecular complexity index is 738. The number of carbonyl (C=O) groups is 2. The molecule has 1 unspecified atom stereocenters. The third kappa shape index (κ3) is 5.07. The second-order valence-electron chi connectivity index (χ2n) is 6.48. The van der Waals surface area contributed by atoms with Crippen LogP contribution in [0.15, 0.2) is 48.5 Å². The van der Waals surface area contributed by atoms with Crippen LogP contribution in [0, 0.1) is 0 Å². The first-order chi connectivity index (χ1) is 12.3. The monoisotopic (exact) mass is 357 g/mol. The lowest BCUT2D eigenvalue weighted by Crippen LogP contribution is -2.28. The molecule has 2 rings (SSSR count). The topological polar surface area (TPSA) is 98.9 Å². The fourth-order valence-corrected chi connectivity index (χ4v) is 2.62. The summed E-state index contributed by atoms with van der Waals surface area (Å²) in [6.45, 7) is 4.59. The van der Waals surface area contributed by atoms with Gasteiger partial charge in [0.1, 0.15) is 17.7 Å². The molecule has 0 aliphatic rings. The predicted molar refractivity (Wildman–Crippen MR) is 97.2 cm³/mol. The lowest BCUT2D eigenvalue weighted by Gasteiger charge is -2.26. The molecule has 0 aliphatic heterocycles. The van der Waals surface area contributed by atoms with Gasteiger partial charge in [-0.15, -0.1) is 0 Å². The molecule has 6 nitrogen and oxygen atoms in total. The first kappa shape index (κ1) is 19.5. The number of hydrogen-bond donors (Lipinski definition) is 2. The van der Waals surface area contributed by atoms with Crippen molar-refractivity contribution in [3.63, 3.8) is 0 Å². The van der Waals surface area contributed by atoms with Gasteiger partial charge in [-0.2, -0.15) is 0 Å². The molecule has 0 radical (unpaired) electrons. The Labute approximate surface area is 152 Å². The van der Waals surface area contributed by atoms with Gasteiger partial charge in [-0.05, 0) is 35.4 Å². The highest BCUT2D eigenvalue weighted by atomic mass is 16.5. The number of carboxylic acid groups (broad SMARTS) is 1. The van der Waals surface area contributed by atoms with E-state index >= 15 is 0 Å². The third-order valence-corrected chi connectivity index (χ3v) is 4.27. The van der Waals surface area contributed by atoms with Gasteiger partial charge in [0.05, 0.1) is 6.42 Å². The van der Waals surface area contributed by atoms with Crippen LogP contribution in [0.1, 0.15) is 37.8 Å². The molecule has 0 saturated heterocycles. The number of carbonyl (C=O) groups excluding carboxylic acids is 1. The van der Waals surface area contributed by atoms with Crippen molar-refractivity contribution in [1.82, 2.24) is 0 Å². The summed E-state index contributed by atoms with van der Waals surface area (Å²) < 4.78 is 10.4. The maximum Gasteiger partial charge on any atom is 0.303 e. The van der Waals surface area contributed by atoms with E-state index < -0.39 is 12.2 Å². The number of rotatable bonds is 9. The van der Waals surface area contributed by atoms with Crippen LogP contribution in [0.4, 0.5) is 0 Å². The Morgan fingerprint density at radius 3 is 2.04 bits per heavy atom. The van der Waals surface area contributed by atoms with Crippen molar-refractivity contribution in [2.75, 3.05) is 0 Å². The Hall–Kier alpha value is -2.86. The van der Waals surface area contributed by atoms with E-state index in [1.807, 2.05) is 36.4 Å². The highest BCUT2D eigenvalue weighted by Gasteiger charge is 2.23. The molecule has 0 bridgehead atoms. The summed E-state index contributed by atoms with van der Waals surface area (Å²) in [5, 5.41) is 8.67. The van der Waals surface area contributed by atoms with E-state index in [4.69, 9.17) is 20.3 Å². The van der Waals surface area contributed by atoms with Crippen LogP contribution in [0.2, 0.25) is 0 Å². The summed E-state index contributed by atoms with van der Waals surface area (Å²) in [6, 6.07) is 14.9. The van der Waals surface area contributed by atoms with Gasteiger partial charge >= 0.3 is 5.97 Å². The maximum absolute atomic E-state index is 10.6. The molecule has 2 aromatic carbocycles. The lowest BCUT2D eigenvalue weighted by atomic mass is 9.78. The zero-order valence-electron chi connectivity index (χ0n) is 14.8. The standard InChI is InChI=1S/C20H23NO5/c1-20(2,14-3-7-16(8-4-14)25-13-22)15-5-9-17(10-6-15)26-18(21)11-12-19(23)24/h3-10,13,18H,11-12,21H2,1-2H3,(H,23,24). The SMILES string of the molecule is CC(C)(c1ccc(OC=O)cc1)c1ccc(OC(N)CCC(=O)O)cc1. The van der Waals surface area contributed by atoms with Crippen LogP contribution in [-0.4, -0.2) is 23.8 Å². The molecule has 2 aromatic rings. The number of nitrogens with two attached hydrogens (primary N) is 1. The van der Waals surface area contributed by atoms with Gasteiger partial charge in [-0.25, -0.2) is 0 Å². The van der Waals surface area contributed by atoms with Crippen LogP contribution < -0.4 is 15.2 Å². The molecule has 0 aliphatic carbocycles. The molecule has 6 heteroatoms. The Morgan fingerprint density at radius 2 is 1.58 bits per heavy atom. The molecule has 138 valence electrons. The summed E-state index contributed by atoms with van der Waals surface area (Å²) >= 11 is 0. The summed E-state index contributed by atoms with van der Waals surface area (Å²) in [6.07, 6.45) is -0.441. The average molecular weight is 357 g/mol. The van der Waals surface area contributed by atoms with Crippen LogP contribution >= 0.6 is 0 Å². The fraction of sp³-hybridized carbons (Fsp3) is 0.300.